The Hall–Kier alpha value is -1.61. The Bertz CT molecular complexity index is 322. The molecule has 1 heterocycles. The van der Waals surface area contributed by atoms with Gasteiger partial charge in [0.2, 0.25) is 0 Å². The average molecular weight is 198 g/mol. The standard InChI is InChI=1S/C8H10N2O4/c1-8(7(13)14)2-4(3-9)5(10-8)6(11)12/h4-5,10H,2H2,1H3,(H,11,12)(H,13,14). The number of hydrogen-bond acceptors (Lipinski definition) is 4. The van der Waals surface area contributed by atoms with Gasteiger partial charge < -0.3 is 10.2 Å². The average Bonchev–Trinajstić information content (AvgIpc) is 2.44. The second-order valence-corrected chi connectivity index (χ2v) is 3.54. The van der Waals surface area contributed by atoms with E-state index in [1.165, 1.54) is 6.92 Å². The molecular weight excluding hydrogens is 188 g/mol. The lowest BCUT2D eigenvalue weighted by Gasteiger charge is -2.18. The fourth-order valence-electron chi connectivity index (χ4n) is 1.56. The van der Waals surface area contributed by atoms with Crippen molar-refractivity contribution < 1.29 is 19.8 Å². The first-order valence-electron chi connectivity index (χ1n) is 4.04. The molecular formula is C8H10N2O4. The van der Waals surface area contributed by atoms with Gasteiger partial charge in [-0.15, -0.1) is 0 Å². The number of carboxylic acids is 2. The lowest BCUT2D eigenvalue weighted by molar-refractivity contribution is -0.144. The van der Waals surface area contributed by atoms with E-state index in [0.29, 0.717) is 0 Å². The summed E-state index contributed by atoms with van der Waals surface area (Å²) < 4.78 is 0. The third-order valence-electron chi connectivity index (χ3n) is 2.41. The van der Waals surface area contributed by atoms with Crippen molar-refractivity contribution in [3.63, 3.8) is 0 Å². The maximum atomic E-state index is 10.8. The molecule has 76 valence electrons. The number of rotatable bonds is 2. The van der Waals surface area contributed by atoms with E-state index >= 15 is 0 Å². The second kappa shape index (κ2) is 3.27. The fourth-order valence-corrected chi connectivity index (χ4v) is 1.56. The van der Waals surface area contributed by atoms with E-state index in [2.05, 4.69) is 5.32 Å². The predicted molar refractivity (Wildman–Crippen MR) is 44.3 cm³/mol. The van der Waals surface area contributed by atoms with Crippen LogP contribution >= 0.6 is 0 Å². The molecule has 1 saturated heterocycles. The summed E-state index contributed by atoms with van der Waals surface area (Å²) in [6.07, 6.45) is 0.00972. The zero-order valence-corrected chi connectivity index (χ0v) is 7.52. The van der Waals surface area contributed by atoms with Gasteiger partial charge in [-0.05, 0) is 13.3 Å². The summed E-state index contributed by atoms with van der Waals surface area (Å²) >= 11 is 0. The van der Waals surface area contributed by atoms with Gasteiger partial charge in [0.25, 0.3) is 0 Å². The summed E-state index contributed by atoms with van der Waals surface area (Å²) in [6.45, 7) is 1.38. The summed E-state index contributed by atoms with van der Waals surface area (Å²) in [5.74, 6) is -3.13. The van der Waals surface area contributed by atoms with Crippen LogP contribution in [0.2, 0.25) is 0 Å². The van der Waals surface area contributed by atoms with Crippen molar-refractivity contribution in [3.8, 4) is 6.07 Å². The zero-order valence-electron chi connectivity index (χ0n) is 7.52. The minimum absolute atomic E-state index is 0.00972. The molecule has 0 aromatic heterocycles. The van der Waals surface area contributed by atoms with E-state index in [1.807, 2.05) is 0 Å². The monoisotopic (exact) mass is 198 g/mol. The van der Waals surface area contributed by atoms with Crippen molar-refractivity contribution in [2.24, 2.45) is 5.92 Å². The summed E-state index contributed by atoms with van der Waals surface area (Å²) in [7, 11) is 0. The first kappa shape index (κ1) is 10.5. The van der Waals surface area contributed by atoms with Crippen LogP contribution in [-0.4, -0.2) is 33.7 Å². The van der Waals surface area contributed by atoms with Gasteiger partial charge in [-0.3, -0.25) is 14.9 Å². The molecule has 0 saturated carbocycles. The zero-order chi connectivity index (χ0) is 10.9. The van der Waals surface area contributed by atoms with Gasteiger partial charge in [0.1, 0.15) is 11.6 Å². The van der Waals surface area contributed by atoms with E-state index in [1.54, 1.807) is 6.07 Å². The van der Waals surface area contributed by atoms with Crippen molar-refractivity contribution >= 4 is 11.9 Å². The Morgan fingerprint density at radius 3 is 2.43 bits per heavy atom. The van der Waals surface area contributed by atoms with E-state index in [0.717, 1.165) is 0 Å². The molecule has 1 fully saturated rings. The topological polar surface area (TPSA) is 110 Å². The molecule has 0 amide bonds. The first-order chi connectivity index (χ1) is 6.40. The first-order valence-corrected chi connectivity index (χ1v) is 4.04. The van der Waals surface area contributed by atoms with Crippen LogP contribution in [0.3, 0.4) is 0 Å². The summed E-state index contributed by atoms with van der Waals surface area (Å²) in [5.41, 5.74) is -1.32. The van der Waals surface area contributed by atoms with Crippen molar-refractivity contribution in [1.29, 1.82) is 5.26 Å². The van der Waals surface area contributed by atoms with Crippen molar-refractivity contribution in [2.75, 3.05) is 0 Å². The number of nitriles is 1. The number of nitrogens with one attached hydrogen (secondary N) is 1. The molecule has 14 heavy (non-hydrogen) atoms. The fraction of sp³-hybridized carbons (Fsp3) is 0.625. The molecule has 3 atom stereocenters. The quantitative estimate of drug-likeness (QED) is 0.547. The normalized spacial score (nSPS) is 36.3. The Kier molecular flexibility index (Phi) is 2.45. The highest BCUT2D eigenvalue weighted by molar-refractivity contribution is 5.83. The highest BCUT2D eigenvalue weighted by Gasteiger charge is 2.49. The molecule has 1 aliphatic rings. The van der Waals surface area contributed by atoms with Crippen LogP contribution in [0.4, 0.5) is 0 Å². The minimum atomic E-state index is -1.32. The van der Waals surface area contributed by atoms with Crippen LogP contribution in [0, 0.1) is 17.2 Å². The van der Waals surface area contributed by atoms with Gasteiger partial charge in [0, 0.05) is 0 Å². The van der Waals surface area contributed by atoms with Crippen LogP contribution < -0.4 is 5.32 Å². The molecule has 3 unspecified atom stereocenters. The number of carboxylic acid groups (broad SMARTS) is 2. The third kappa shape index (κ3) is 1.54. The highest BCUT2D eigenvalue weighted by atomic mass is 16.4. The molecule has 0 aromatic rings. The van der Waals surface area contributed by atoms with Crippen molar-refractivity contribution in [3.05, 3.63) is 0 Å². The van der Waals surface area contributed by atoms with Gasteiger partial charge in [0.15, 0.2) is 0 Å². The Balaban J connectivity index is 2.91. The SMILES string of the molecule is CC1(C(=O)O)CC(C#N)C(C(=O)O)N1. The number of carbonyl (C=O) groups is 2. The molecule has 6 nitrogen and oxygen atoms in total. The maximum absolute atomic E-state index is 10.8. The Morgan fingerprint density at radius 2 is 2.14 bits per heavy atom. The van der Waals surface area contributed by atoms with E-state index in [4.69, 9.17) is 15.5 Å². The molecule has 0 radical (unpaired) electrons. The summed E-state index contributed by atoms with van der Waals surface area (Å²) in [6, 6.07) is 0.703. The smallest absolute Gasteiger partial charge is 0.323 e. The molecule has 6 heteroatoms. The van der Waals surface area contributed by atoms with Gasteiger partial charge in [-0.1, -0.05) is 0 Å². The number of nitrogens with zero attached hydrogens (tertiary/aromatic N) is 1. The Morgan fingerprint density at radius 1 is 1.57 bits per heavy atom. The maximum Gasteiger partial charge on any atom is 0.323 e. The van der Waals surface area contributed by atoms with Crippen LogP contribution in [-0.2, 0) is 9.59 Å². The largest absolute Gasteiger partial charge is 0.480 e. The molecule has 1 rings (SSSR count). The number of hydrogen-bond donors (Lipinski definition) is 3. The predicted octanol–water partition coefficient (Wildman–Crippen LogP) is -0.584. The van der Waals surface area contributed by atoms with Crippen LogP contribution in [0.5, 0.6) is 0 Å². The summed E-state index contributed by atoms with van der Waals surface area (Å²) in [4.78, 5) is 21.5. The van der Waals surface area contributed by atoms with E-state index in [9.17, 15) is 9.59 Å². The molecule has 1 aliphatic heterocycles. The third-order valence-corrected chi connectivity index (χ3v) is 2.41. The minimum Gasteiger partial charge on any atom is -0.480 e. The highest BCUT2D eigenvalue weighted by Crippen LogP contribution is 2.28. The molecule has 0 aromatic carbocycles. The van der Waals surface area contributed by atoms with Gasteiger partial charge in [-0.25, -0.2) is 0 Å². The van der Waals surface area contributed by atoms with Crippen molar-refractivity contribution in [1.82, 2.24) is 5.32 Å². The van der Waals surface area contributed by atoms with Gasteiger partial charge in [0.05, 0.1) is 12.0 Å². The van der Waals surface area contributed by atoms with Crippen molar-refractivity contribution in [2.45, 2.75) is 24.9 Å². The molecule has 0 aliphatic carbocycles. The Labute approximate surface area is 80.1 Å². The van der Waals surface area contributed by atoms with E-state index < -0.39 is 29.4 Å². The lowest BCUT2D eigenvalue weighted by atomic mass is 9.94. The molecule has 0 spiro atoms. The summed E-state index contributed by atoms with van der Waals surface area (Å²) in [5, 5.41) is 28.6. The van der Waals surface area contributed by atoms with E-state index in [-0.39, 0.29) is 6.42 Å². The van der Waals surface area contributed by atoms with Gasteiger partial charge >= 0.3 is 11.9 Å². The second-order valence-electron chi connectivity index (χ2n) is 3.54. The van der Waals surface area contributed by atoms with Gasteiger partial charge in [-0.2, -0.15) is 5.26 Å². The molecule has 0 bridgehead atoms. The van der Waals surface area contributed by atoms with Crippen LogP contribution in [0.15, 0.2) is 0 Å². The molecule has 3 N–H and O–H groups in total. The lowest BCUT2D eigenvalue weighted by Crippen LogP contribution is -2.49. The number of aliphatic carboxylic acids is 2. The van der Waals surface area contributed by atoms with Crippen LogP contribution in [0.1, 0.15) is 13.3 Å². The van der Waals surface area contributed by atoms with Crippen LogP contribution in [0.25, 0.3) is 0 Å².